The van der Waals surface area contributed by atoms with Crippen LogP contribution >= 0.6 is 0 Å². The second kappa shape index (κ2) is 2.84. The largest absolute Gasteiger partial charge is 0.457 e. The second-order valence-corrected chi connectivity index (χ2v) is 4.11. The molecule has 2 heteroatoms. The van der Waals surface area contributed by atoms with Crippen molar-refractivity contribution in [2.45, 2.75) is 25.4 Å². The van der Waals surface area contributed by atoms with E-state index < -0.39 is 0 Å². The highest BCUT2D eigenvalue weighted by Crippen LogP contribution is 2.43. The molecule has 3 rings (SSSR count). The van der Waals surface area contributed by atoms with Crippen LogP contribution in [0, 0.1) is 5.92 Å². The molecule has 2 aliphatic rings. The summed E-state index contributed by atoms with van der Waals surface area (Å²) in [6.45, 7) is 0. The van der Waals surface area contributed by atoms with Gasteiger partial charge in [0.1, 0.15) is 6.10 Å². The molecule has 1 aliphatic carbocycles. The van der Waals surface area contributed by atoms with Crippen molar-refractivity contribution < 1.29 is 9.53 Å². The van der Waals surface area contributed by atoms with Gasteiger partial charge in [-0.25, -0.2) is 0 Å². The molecule has 0 saturated carbocycles. The van der Waals surface area contributed by atoms with Gasteiger partial charge in [-0.3, -0.25) is 4.79 Å². The number of hydrogen-bond acceptors (Lipinski definition) is 2. The zero-order valence-electron chi connectivity index (χ0n) is 7.90. The third-order valence-electron chi connectivity index (χ3n) is 3.26. The Morgan fingerprint density at radius 1 is 1.29 bits per heavy atom. The van der Waals surface area contributed by atoms with Crippen molar-refractivity contribution in [2.24, 2.45) is 5.92 Å². The summed E-state index contributed by atoms with van der Waals surface area (Å²) in [4.78, 5) is 11.2. The minimum Gasteiger partial charge on any atom is -0.457 e. The smallest absolute Gasteiger partial charge is 0.306 e. The summed E-state index contributed by atoms with van der Waals surface area (Å²) in [6, 6.07) is 8.30. The topological polar surface area (TPSA) is 26.3 Å². The molecule has 0 unspecified atom stereocenters. The first-order valence-corrected chi connectivity index (χ1v) is 5.12. The van der Waals surface area contributed by atoms with Gasteiger partial charge in [0.25, 0.3) is 0 Å². The highest BCUT2D eigenvalue weighted by atomic mass is 16.5. The minimum atomic E-state index is -0.0308. The van der Waals surface area contributed by atoms with Gasteiger partial charge in [-0.2, -0.15) is 0 Å². The first kappa shape index (κ1) is 8.04. The molecular weight excluding hydrogens is 176 g/mol. The van der Waals surface area contributed by atoms with E-state index in [4.69, 9.17) is 4.74 Å². The van der Waals surface area contributed by atoms with Crippen molar-refractivity contribution in [3.8, 4) is 0 Å². The molecule has 1 aromatic rings. The van der Waals surface area contributed by atoms with Crippen LogP contribution < -0.4 is 0 Å². The van der Waals surface area contributed by atoms with Crippen LogP contribution in [0.3, 0.4) is 0 Å². The van der Waals surface area contributed by atoms with Crippen LogP contribution in [0.4, 0.5) is 0 Å². The number of esters is 1. The Labute approximate surface area is 82.9 Å². The van der Waals surface area contributed by atoms with E-state index in [2.05, 4.69) is 18.2 Å². The molecule has 1 saturated heterocycles. The maximum atomic E-state index is 11.2. The summed E-state index contributed by atoms with van der Waals surface area (Å²) in [6.07, 6.45) is 2.84. The molecule has 1 heterocycles. The maximum Gasteiger partial charge on any atom is 0.306 e. The van der Waals surface area contributed by atoms with Gasteiger partial charge in [0.2, 0.25) is 0 Å². The number of benzene rings is 1. The number of fused-ring (bicyclic) bond motifs is 3. The van der Waals surface area contributed by atoms with Gasteiger partial charge in [-0.05, 0) is 24.0 Å². The normalized spacial score (nSPS) is 29.3. The summed E-state index contributed by atoms with van der Waals surface area (Å²) in [5.74, 6) is 0.397. The first-order chi connectivity index (χ1) is 6.84. The SMILES string of the molecule is O=C1C[C@H]2CCc3ccccc3[C@@H]2O1. The Bertz CT molecular complexity index is 384. The van der Waals surface area contributed by atoms with Gasteiger partial charge in [0.05, 0.1) is 6.42 Å². The number of ether oxygens (including phenoxy) is 1. The second-order valence-electron chi connectivity index (χ2n) is 4.11. The predicted molar refractivity (Wildman–Crippen MR) is 51.7 cm³/mol. The summed E-state index contributed by atoms with van der Waals surface area (Å²) < 4.78 is 5.35. The van der Waals surface area contributed by atoms with Crippen molar-refractivity contribution >= 4 is 5.97 Å². The molecule has 0 aromatic heterocycles. The Balaban J connectivity index is 2.05. The lowest BCUT2D eigenvalue weighted by Gasteiger charge is -2.25. The molecule has 0 amide bonds. The van der Waals surface area contributed by atoms with E-state index in [0.29, 0.717) is 12.3 Å². The first-order valence-electron chi connectivity index (χ1n) is 5.12. The van der Waals surface area contributed by atoms with Crippen molar-refractivity contribution in [2.75, 3.05) is 0 Å². The third-order valence-corrected chi connectivity index (χ3v) is 3.26. The Morgan fingerprint density at radius 2 is 2.14 bits per heavy atom. The van der Waals surface area contributed by atoms with Crippen molar-refractivity contribution in [1.82, 2.24) is 0 Å². The summed E-state index contributed by atoms with van der Waals surface area (Å²) in [5.41, 5.74) is 2.58. The van der Waals surface area contributed by atoms with Gasteiger partial charge in [-0.15, -0.1) is 0 Å². The van der Waals surface area contributed by atoms with Crippen LogP contribution in [0.25, 0.3) is 0 Å². The minimum absolute atomic E-state index is 0.0308. The molecule has 1 aromatic carbocycles. The fourth-order valence-electron chi connectivity index (χ4n) is 2.56. The van der Waals surface area contributed by atoms with Gasteiger partial charge in [0.15, 0.2) is 0 Å². The molecule has 0 N–H and O–H groups in total. The van der Waals surface area contributed by atoms with Crippen LogP contribution in [0.15, 0.2) is 24.3 Å². The molecule has 2 atom stereocenters. The lowest BCUT2D eigenvalue weighted by atomic mass is 9.81. The number of carbonyl (C=O) groups is 1. The standard InChI is InChI=1S/C12H12O2/c13-11-7-9-6-5-8-3-1-2-4-10(8)12(9)14-11/h1-4,9,12H,5-7H2/t9-,12-/m1/s1. The van der Waals surface area contributed by atoms with Crippen LogP contribution in [-0.4, -0.2) is 5.97 Å². The Morgan fingerprint density at radius 3 is 3.07 bits per heavy atom. The van der Waals surface area contributed by atoms with Crippen LogP contribution in [0.2, 0.25) is 0 Å². The maximum absolute atomic E-state index is 11.2. The zero-order valence-corrected chi connectivity index (χ0v) is 7.90. The van der Waals surface area contributed by atoms with Gasteiger partial charge in [0, 0.05) is 5.92 Å². The predicted octanol–water partition coefficient (Wildman–Crippen LogP) is 2.24. The molecule has 0 radical (unpaired) electrons. The number of aryl methyl sites for hydroxylation is 1. The monoisotopic (exact) mass is 188 g/mol. The quantitative estimate of drug-likeness (QED) is 0.583. The van der Waals surface area contributed by atoms with E-state index in [1.54, 1.807) is 0 Å². The molecule has 1 aliphatic heterocycles. The number of hydrogen-bond donors (Lipinski definition) is 0. The highest BCUT2D eigenvalue weighted by molar-refractivity contribution is 5.72. The number of carbonyl (C=O) groups excluding carboxylic acids is 1. The van der Waals surface area contributed by atoms with E-state index in [9.17, 15) is 4.79 Å². The lowest BCUT2D eigenvalue weighted by Crippen LogP contribution is -2.16. The van der Waals surface area contributed by atoms with E-state index >= 15 is 0 Å². The van der Waals surface area contributed by atoms with Crippen LogP contribution in [0.5, 0.6) is 0 Å². The molecular formula is C12H12O2. The van der Waals surface area contributed by atoms with Crippen LogP contribution in [-0.2, 0) is 16.0 Å². The summed E-state index contributed by atoms with van der Waals surface area (Å²) in [7, 11) is 0. The Hall–Kier alpha value is -1.31. The summed E-state index contributed by atoms with van der Waals surface area (Å²) in [5, 5.41) is 0. The summed E-state index contributed by atoms with van der Waals surface area (Å²) >= 11 is 0. The average molecular weight is 188 g/mol. The zero-order chi connectivity index (χ0) is 9.54. The molecule has 14 heavy (non-hydrogen) atoms. The fraction of sp³-hybridized carbons (Fsp3) is 0.417. The highest BCUT2D eigenvalue weighted by Gasteiger charge is 2.39. The van der Waals surface area contributed by atoms with E-state index in [1.165, 1.54) is 11.1 Å². The van der Waals surface area contributed by atoms with Gasteiger partial charge in [-0.1, -0.05) is 24.3 Å². The van der Waals surface area contributed by atoms with Crippen molar-refractivity contribution in [3.05, 3.63) is 35.4 Å². The van der Waals surface area contributed by atoms with Gasteiger partial charge >= 0.3 is 5.97 Å². The van der Waals surface area contributed by atoms with Crippen molar-refractivity contribution in [3.63, 3.8) is 0 Å². The number of rotatable bonds is 0. The molecule has 72 valence electrons. The van der Waals surface area contributed by atoms with Gasteiger partial charge < -0.3 is 4.74 Å². The van der Waals surface area contributed by atoms with Crippen LogP contribution in [0.1, 0.15) is 30.1 Å². The van der Waals surface area contributed by atoms with E-state index in [0.717, 1.165) is 12.8 Å². The lowest BCUT2D eigenvalue weighted by molar-refractivity contribution is -0.141. The molecule has 0 bridgehead atoms. The average Bonchev–Trinajstić information content (AvgIpc) is 2.59. The molecule has 2 nitrogen and oxygen atoms in total. The molecule has 1 fully saturated rings. The van der Waals surface area contributed by atoms with E-state index in [1.807, 2.05) is 6.07 Å². The van der Waals surface area contributed by atoms with E-state index in [-0.39, 0.29) is 12.1 Å². The molecule has 0 spiro atoms. The fourth-order valence-corrected chi connectivity index (χ4v) is 2.56. The van der Waals surface area contributed by atoms with Crippen molar-refractivity contribution in [1.29, 1.82) is 0 Å². The Kier molecular flexibility index (Phi) is 1.63. The third kappa shape index (κ3) is 1.07.